The van der Waals surface area contributed by atoms with Gasteiger partial charge < -0.3 is 0 Å². The Balaban J connectivity index is 0.000000693. The lowest BCUT2D eigenvalue weighted by atomic mass is 9.48. The molecule has 3 fully saturated rings. The van der Waals surface area contributed by atoms with E-state index in [1.807, 2.05) is 13.8 Å². The van der Waals surface area contributed by atoms with E-state index in [2.05, 4.69) is 26.8 Å². The first-order valence-corrected chi connectivity index (χ1v) is 9.64. The van der Waals surface area contributed by atoms with Gasteiger partial charge in [-0.05, 0) is 73.5 Å². The molecule has 4 rings (SSSR count). The molecule has 0 heterocycles. The van der Waals surface area contributed by atoms with E-state index in [0.29, 0.717) is 22.5 Å². The van der Waals surface area contributed by atoms with E-state index < -0.39 is 0 Å². The van der Waals surface area contributed by atoms with Crippen molar-refractivity contribution in [3.63, 3.8) is 0 Å². The third-order valence-corrected chi connectivity index (χ3v) is 8.09. The Morgan fingerprint density at radius 2 is 1.82 bits per heavy atom. The molecule has 0 N–H and O–H groups in total. The van der Waals surface area contributed by atoms with Crippen LogP contribution in [-0.2, 0) is 4.79 Å². The maximum atomic E-state index is 12.0. The zero-order valence-electron chi connectivity index (χ0n) is 15.2. The molecule has 0 bridgehead atoms. The van der Waals surface area contributed by atoms with E-state index in [1.165, 1.54) is 32.1 Å². The van der Waals surface area contributed by atoms with Gasteiger partial charge in [-0.15, -0.1) is 0 Å². The minimum atomic E-state index is 0.345. The van der Waals surface area contributed by atoms with E-state index in [-0.39, 0.29) is 0 Å². The third-order valence-electron chi connectivity index (χ3n) is 8.09. The van der Waals surface area contributed by atoms with Crippen LogP contribution in [0.5, 0.6) is 0 Å². The van der Waals surface area contributed by atoms with Gasteiger partial charge in [0.05, 0.1) is 0 Å². The van der Waals surface area contributed by atoms with Crippen LogP contribution in [0.1, 0.15) is 79.6 Å². The van der Waals surface area contributed by atoms with Gasteiger partial charge in [-0.3, -0.25) is 4.79 Å². The molecule has 0 aromatic heterocycles. The number of fused-ring (bicyclic) bond motifs is 5. The van der Waals surface area contributed by atoms with Gasteiger partial charge >= 0.3 is 0 Å². The molecule has 6 atom stereocenters. The first-order chi connectivity index (χ1) is 10.4. The monoisotopic (exact) mass is 302 g/mol. The lowest BCUT2D eigenvalue weighted by Crippen LogP contribution is -2.49. The SMILES string of the molecule is CC.CC1=CCC2C3CCC4CC(=O)CC4(C)C3CCC12C. The van der Waals surface area contributed by atoms with Crippen LogP contribution in [0.4, 0.5) is 0 Å². The Morgan fingerprint density at radius 1 is 1.09 bits per heavy atom. The summed E-state index contributed by atoms with van der Waals surface area (Å²) in [4.78, 5) is 12.0. The molecule has 124 valence electrons. The second-order valence-electron chi connectivity index (χ2n) is 8.66. The van der Waals surface area contributed by atoms with Crippen LogP contribution >= 0.6 is 0 Å². The molecule has 1 nitrogen and oxygen atoms in total. The lowest BCUT2D eigenvalue weighted by Gasteiger charge is -2.57. The van der Waals surface area contributed by atoms with Crippen LogP contribution in [0.2, 0.25) is 0 Å². The maximum absolute atomic E-state index is 12.0. The number of hydrogen-bond acceptors (Lipinski definition) is 1. The number of Topliss-reactive ketones (excluding diaryl/α,β-unsaturated/α-hetero) is 1. The second kappa shape index (κ2) is 5.49. The average molecular weight is 303 g/mol. The summed E-state index contributed by atoms with van der Waals surface area (Å²) >= 11 is 0. The first kappa shape index (κ1) is 16.3. The lowest BCUT2D eigenvalue weighted by molar-refractivity contribution is -0.118. The van der Waals surface area contributed by atoms with Gasteiger partial charge in [0.25, 0.3) is 0 Å². The molecule has 4 aliphatic carbocycles. The predicted octanol–water partition coefficient (Wildman–Crippen LogP) is 5.79. The van der Waals surface area contributed by atoms with Gasteiger partial charge in [-0.2, -0.15) is 0 Å². The highest BCUT2D eigenvalue weighted by Gasteiger charge is 2.59. The maximum Gasteiger partial charge on any atom is 0.133 e. The van der Waals surface area contributed by atoms with Crippen LogP contribution in [-0.4, -0.2) is 5.78 Å². The summed E-state index contributed by atoms with van der Waals surface area (Å²) in [6.07, 6.45) is 11.0. The van der Waals surface area contributed by atoms with Crippen molar-refractivity contribution >= 4 is 5.78 Å². The van der Waals surface area contributed by atoms with E-state index in [4.69, 9.17) is 0 Å². The molecule has 0 spiro atoms. The largest absolute Gasteiger partial charge is 0.300 e. The smallest absolute Gasteiger partial charge is 0.133 e. The quantitative estimate of drug-likeness (QED) is 0.517. The minimum Gasteiger partial charge on any atom is -0.300 e. The number of carbonyl (C=O) groups excluding carboxylic acids is 1. The van der Waals surface area contributed by atoms with Gasteiger partial charge in [0.2, 0.25) is 0 Å². The number of carbonyl (C=O) groups is 1. The van der Waals surface area contributed by atoms with Crippen LogP contribution in [0, 0.1) is 34.5 Å². The number of ketones is 1. The molecular weight excluding hydrogens is 268 g/mol. The highest BCUT2D eigenvalue weighted by atomic mass is 16.1. The van der Waals surface area contributed by atoms with Crippen LogP contribution in [0.25, 0.3) is 0 Å². The summed E-state index contributed by atoms with van der Waals surface area (Å²) in [7, 11) is 0. The Morgan fingerprint density at radius 3 is 2.55 bits per heavy atom. The van der Waals surface area contributed by atoms with E-state index in [1.54, 1.807) is 5.57 Å². The molecule has 3 saturated carbocycles. The number of allylic oxidation sites excluding steroid dienone is 2. The van der Waals surface area contributed by atoms with Gasteiger partial charge in [-0.25, -0.2) is 0 Å². The van der Waals surface area contributed by atoms with Crippen LogP contribution in [0.15, 0.2) is 11.6 Å². The fraction of sp³-hybridized carbons (Fsp3) is 0.857. The van der Waals surface area contributed by atoms with Crippen molar-refractivity contribution in [2.24, 2.45) is 34.5 Å². The normalized spacial score (nSPS) is 49.5. The molecule has 0 aromatic rings. The fourth-order valence-corrected chi connectivity index (χ4v) is 6.70. The molecule has 0 aromatic carbocycles. The molecule has 22 heavy (non-hydrogen) atoms. The van der Waals surface area contributed by atoms with Gasteiger partial charge in [-0.1, -0.05) is 39.3 Å². The Bertz CT molecular complexity index is 490. The molecular formula is C21H34O. The summed E-state index contributed by atoms with van der Waals surface area (Å²) in [6, 6.07) is 0. The molecule has 0 aliphatic heterocycles. The Hall–Kier alpha value is -0.590. The summed E-state index contributed by atoms with van der Waals surface area (Å²) < 4.78 is 0. The number of rotatable bonds is 0. The van der Waals surface area contributed by atoms with E-state index >= 15 is 0 Å². The molecule has 0 amide bonds. The average Bonchev–Trinajstić information content (AvgIpc) is 2.97. The highest BCUT2D eigenvalue weighted by molar-refractivity contribution is 5.82. The van der Waals surface area contributed by atoms with Gasteiger partial charge in [0, 0.05) is 12.8 Å². The molecule has 0 radical (unpaired) electrons. The van der Waals surface area contributed by atoms with Crippen molar-refractivity contribution in [3.05, 3.63) is 11.6 Å². The zero-order chi connectivity index (χ0) is 16.1. The van der Waals surface area contributed by atoms with Crippen molar-refractivity contribution in [3.8, 4) is 0 Å². The molecule has 0 saturated heterocycles. The van der Waals surface area contributed by atoms with Crippen LogP contribution < -0.4 is 0 Å². The molecule has 6 unspecified atom stereocenters. The van der Waals surface area contributed by atoms with Crippen molar-refractivity contribution in [1.29, 1.82) is 0 Å². The summed E-state index contributed by atoms with van der Waals surface area (Å²) in [5.74, 6) is 3.83. The van der Waals surface area contributed by atoms with Crippen molar-refractivity contribution in [2.75, 3.05) is 0 Å². The van der Waals surface area contributed by atoms with Crippen molar-refractivity contribution in [1.82, 2.24) is 0 Å². The standard InChI is InChI=1S/C19H28O.C2H6/c1-12-4-7-16-15-6-5-13-10-14(20)11-19(13,3)17(15)8-9-18(12,16)2;1-2/h4,13,15-17H,5-11H2,1-3H3;1-2H3. The zero-order valence-corrected chi connectivity index (χ0v) is 15.2. The summed E-state index contributed by atoms with van der Waals surface area (Å²) in [5.41, 5.74) is 2.47. The second-order valence-corrected chi connectivity index (χ2v) is 8.66. The number of hydrogen-bond donors (Lipinski definition) is 0. The molecule has 4 aliphatic rings. The van der Waals surface area contributed by atoms with Crippen LogP contribution in [0.3, 0.4) is 0 Å². The van der Waals surface area contributed by atoms with Gasteiger partial charge in [0.1, 0.15) is 5.78 Å². The van der Waals surface area contributed by atoms with Gasteiger partial charge in [0.15, 0.2) is 0 Å². The molecule has 1 heteroatoms. The summed E-state index contributed by atoms with van der Waals surface area (Å²) in [5, 5.41) is 0. The highest BCUT2D eigenvalue weighted by Crippen LogP contribution is 2.66. The Labute approximate surface area is 136 Å². The Kier molecular flexibility index (Phi) is 4.06. The predicted molar refractivity (Wildman–Crippen MR) is 92.6 cm³/mol. The first-order valence-electron chi connectivity index (χ1n) is 9.64. The van der Waals surface area contributed by atoms with E-state index in [0.717, 1.165) is 30.6 Å². The third kappa shape index (κ3) is 2.07. The minimum absolute atomic E-state index is 0.345. The van der Waals surface area contributed by atoms with Crippen molar-refractivity contribution in [2.45, 2.75) is 79.6 Å². The summed E-state index contributed by atoms with van der Waals surface area (Å²) in [6.45, 7) is 11.3. The van der Waals surface area contributed by atoms with Crippen molar-refractivity contribution < 1.29 is 4.79 Å². The van der Waals surface area contributed by atoms with E-state index in [9.17, 15) is 4.79 Å². The topological polar surface area (TPSA) is 17.1 Å². The fourth-order valence-electron chi connectivity index (χ4n) is 6.70.